The molecule has 1 aliphatic rings. The lowest BCUT2D eigenvalue weighted by Gasteiger charge is -2.45. The number of quaternary nitrogens is 1. The van der Waals surface area contributed by atoms with Gasteiger partial charge in [0.2, 0.25) is 11.5 Å². The number of aromatic nitrogens is 1. The molecule has 2 heterocycles. The van der Waals surface area contributed by atoms with Gasteiger partial charge in [0.1, 0.15) is 5.71 Å². The highest BCUT2D eigenvalue weighted by Gasteiger charge is 2.58. The molecule has 0 saturated carbocycles. The number of nitrogens with two attached hydrogens (primary N) is 1. The van der Waals surface area contributed by atoms with Gasteiger partial charge in [0.15, 0.2) is 5.69 Å². The van der Waals surface area contributed by atoms with Crippen molar-refractivity contribution in [3.8, 4) is 0 Å². The summed E-state index contributed by atoms with van der Waals surface area (Å²) in [6.07, 6.45) is 1.53. The third-order valence-corrected chi connectivity index (χ3v) is 7.27. The van der Waals surface area contributed by atoms with Crippen molar-refractivity contribution < 1.29 is 4.39 Å². The minimum atomic E-state index is -0.746. The quantitative estimate of drug-likeness (QED) is 0.134. The molecule has 5 heteroatoms. The fourth-order valence-corrected chi connectivity index (χ4v) is 5.71. The second-order valence-electron chi connectivity index (χ2n) is 9.36. The maximum absolute atomic E-state index is 13.8. The topological polar surface area (TPSA) is 51.3 Å². The van der Waals surface area contributed by atoms with E-state index in [9.17, 15) is 4.39 Å². The van der Waals surface area contributed by atoms with E-state index in [2.05, 4.69) is 90.9 Å². The largest absolute Gasteiger partial charge is 0.399 e. The van der Waals surface area contributed by atoms with Crippen molar-refractivity contribution in [3.05, 3.63) is 161 Å². The molecule has 0 amide bonds. The predicted octanol–water partition coefficient (Wildman–Crippen LogP) is 6.50. The highest BCUT2D eigenvalue weighted by molar-refractivity contribution is 6.18. The van der Waals surface area contributed by atoms with Crippen LogP contribution < -0.4 is 10.3 Å². The van der Waals surface area contributed by atoms with E-state index in [0.29, 0.717) is 5.69 Å². The van der Waals surface area contributed by atoms with Crippen LogP contribution in [0.5, 0.6) is 0 Å². The Morgan fingerprint density at radius 3 is 1.73 bits per heavy atom. The van der Waals surface area contributed by atoms with E-state index in [1.807, 2.05) is 30.3 Å². The van der Waals surface area contributed by atoms with Gasteiger partial charge in [-0.3, -0.25) is 0 Å². The van der Waals surface area contributed by atoms with Gasteiger partial charge in [-0.15, -0.1) is 0 Å². The van der Waals surface area contributed by atoms with Crippen LogP contribution >= 0.6 is 0 Å². The van der Waals surface area contributed by atoms with Gasteiger partial charge in [-0.1, -0.05) is 96.1 Å². The number of anilines is 1. The Labute approximate surface area is 215 Å². The summed E-state index contributed by atoms with van der Waals surface area (Å²) in [7, 11) is 2.13. The number of benzene rings is 4. The summed E-state index contributed by atoms with van der Waals surface area (Å²) in [5.74, 6) is -0.528. The van der Waals surface area contributed by atoms with Crippen LogP contribution in [0.3, 0.4) is 0 Å². The highest BCUT2D eigenvalue weighted by atomic mass is 19.1. The first kappa shape index (κ1) is 22.8. The Bertz CT molecular complexity index is 1490. The average Bonchev–Trinajstić information content (AvgIpc) is 3.24. The average molecular weight is 486 g/mol. The molecule has 1 aromatic heterocycles. The van der Waals surface area contributed by atoms with Crippen molar-refractivity contribution in [2.75, 3.05) is 12.8 Å². The third-order valence-electron chi connectivity index (χ3n) is 7.27. The van der Waals surface area contributed by atoms with Gasteiger partial charge in [-0.25, -0.2) is 4.98 Å². The molecule has 0 spiro atoms. The maximum Gasteiger partial charge on any atom is 0.212 e. The molecule has 37 heavy (non-hydrogen) atoms. The summed E-state index contributed by atoms with van der Waals surface area (Å²) in [6.45, 7) is 0. The zero-order chi connectivity index (χ0) is 25.5. The lowest BCUT2D eigenvalue weighted by molar-refractivity contribution is 0.215. The van der Waals surface area contributed by atoms with Crippen LogP contribution in [0.4, 0.5) is 15.8 Å². The van der Waals surface area contributed by atoms with E-state index in [-0.39, 0.29) is 4.59 Å². The molecule has 4 aromatic carbocycles. The molecule has 1 unspecified atom stereocenters. The van der Waals surface area contributed by atoms with E-state index in [0.717, 1.165) is 39.2 Å². The normalized spacial score (nSPS) is 16.8. The summed E-state index contributed by atoms with van der Waals surface area (Å²) in [4.78, 5) is 3.92. The molecule has 0 aliphatic carbocycles. The number of rotatable bonds is 5. The first-order valence-electron chi connectivity index (χ1n) is 12.2. The number of hydrogen-bond acceptors (Lipinski definition) is 3. The van der Waals surface area contributed by atoms with Gasteiger partial charge in [0, 0.05) is 40.2 Å². The second-order valence-corrected chi connectivity index (χ2v) is 9.36. The molecule has 6 rings (SSSR count). The van der Waals surface area contributed by atoms with E-state index in [1.165, 1.54) is 12.3 Å². The van der Waals surface area contributed by atoms with Crippen molar-refractivity contribution >= 4 is 17.1 Å². The summed E-state index contributed by atoms with van der Waals surface area (Å²) in [6, 6.07) is 40.5. The van der Waals surface area contributed by atoms with Gasteiger partial charge in [-0.2, -0.15) is 8.98 Å². The van der Waals surface area contributed by atoms with Crippen LogP contribution in [0.2, 0.25) is 0 Å². The molecule has 1 aliphatic heterocycles. The first-order chi connectivity index (χ1) is 18.0. The standard InChI is InChI=1S/C32H26FN4/c1-37(29-19-18-27(34)21-28(29)31(36-37)23-17-20-30(33)35-22-23)32(24-11-5-2-6-12-24,25-13-7-3-8-14-25)26-15-9-4-10-16-26/h2-22H,34H2,1H3/q+1. The monoisotopic (exact) mass is 485 g/mol. The van der Waals surface area contributed by atoms with Crippen LogP contribution in [-0.2, 0) is 5.54 Å². The van der Waals surface area contributed by atoms with Crippen molar-refractivity contribution in [2.45, 2.75) is 5.54 Å². The van der Waals surface area contributed by atoms with Crippen molar-refractivity contribution in [1.82, 2.24) is 9.58 Å². The van der Waals surface area contributed by atoms with Gasteiger partial charge >= 0.3 is 0 Å². The lowest BCUT2D eigenvalue weighted by Crippen LogP contribution is -2.58. The fourth-order valence-electron chi connectivity index (χ4n) is 5.71. The Kier molecular flexibility index (Phi) is 5.43. The summed E-state index contributed by atoms with van der Waals surface area (Å²) < 4.78 is 13.9. The van der Waals surface area contributed by atoms with Gasteiger partial charge in [0.25, 0.3) is 0 Å². The molecular formula is C32H26FN4+. The summed E-state index contributed by atoms with van der Waals surface area (Å²) >= 11 is 0. The summed E-state index contributed by atoms with van der Waals surface area (Å²) in [5.41, 5.74) is 12.8. The number of nitrogen functional groups attached to an aromatic ring is 1. The summed E-state index contributed by atoms with van der Waals surface area (Å²) in [5, 5.41) is 5.47. The van der Waals surface area contributed by atoms with Gasteiger partial charge in [-0.05, 0) is 24.3 Å². The maximum atomic E-state index is 13.8. The van der Waals surface area contributed by atoms with Crippen LogP contribution in [-0.4, -0.2) is 17.7 Å². The molecule has 0 bridgehead atoms. The number of hydrogen-bond donors (Lipinski definition) is 1. The lowest BCUT2D eigenvalue weighted by atomic mass is 9.74. The van der Waals surface area contributed by atoms with Crippen molar-refractivity contribution in [3.63, 3.8) is 0 Å². The Hall–Kier alpha value is -4.61. The molecule has 5 aromatic rings. The SMILES string of the molecule is C[N+]1(C(c2ccccc2)(c2ccccc2)c2ccccc2)N=C(c2ccc(F)nc2)c2cc(N)ccc21. The molecule has 0 radical (unpaired) electrons. The number of fused-ring (bicyclic) bond motifs is 1. The molecule has 2 N–H and O–H groups in total. The predicted molar refractivity (Wildman–Crippen MR) is 148 cm³/mol. The van der Waals surface area contributed by atoms with Gasteiger partial charge < -0.3 is 5.73 Å². The van der Waals surface area contributed by atoms with E-state index in [4.69, 9.17) is 10.8 Å². The zero-order valence-electron chi connectivity index (χ0n) is 20.4. The van der Waals surface area contributed by atoms with Crippen molar-refractivity contribution in [1.29, 1.82) is 0 Å². The third kappa shape index (κ3) is 3.47. The Morgan fingerprint density at radius 1 is 0.703 bits per heavy atom. The second kappa shape index (κ2) is 8.80. The smallest absolute Gasteiger partial charge is 0.212 e. The first-order valence-corrected chi connectivity index (χ1v) is 12.2. The van der Waals surface area contributed by atoms with E-state index in [1.54, 1.807) is 6.07 Å². The van der Waals surface area contributed by atoms with E-state index < -0.39 is 11.5 Å². The molecule has 1 atom stereocenters. The Balaban J connectivity index is 1.76. The van der Waals surface area contributed by atoms with Crippen LogP contribution in [0.25, 0.3) is 0 Å². The highest BCUT2D eigenvalue weighted by Crippen LogP contribution is 2.53. The van der Waals surface area contributed by atoms with E-state index >= 15 is 0 Å². The molecule has 0 fully saturated rings. The van der Waals surface area contributed by atoms with Crippen LogP contribution in [0, 0.1) is 5.95 Å². The number of nitrogens with zero attached hydrogens (tertiary/aromatic N) is 3. The fraction of sp³-hybridized carbons (Fsp3) is 0.0625. The van der Waals surface area contributed by atoms with Crippen molar-refractivity contribution in [2.24, 2.45) is 5.10 Å². The Morgan fingerprint density at radius 2 is 1.24 bits per heavy atom. The van der Waals surface area contributed by atoms with Crippen LogP contribution in [0.1, 0.15) is 27.8 Å². The zero-order valence-corrected chi connectivity index (χ0v) is 20.4. The minimum Gasteiger partial charge on any atom is -0.399 e. The van der Waals surface area contributed by atoms with Gasteiger partial charge in [0.05, 0.1) is 12.6 Å². The molecule has 0 saturated heterocycles. The number of pyridine rings is 1. The number of halogens is 1. The van der Waals surface area contributed by atoms with Crippen LogP contribution in [0.15, 0.2) is 133 Å². The molecule has 4 nitrogen and oxygen atoms in total. The molecular weight excluding hydrogens is 459 g/mol. The molecule has 180 valence electrons. The minimum absolute atomic E-state index is 0.174.